The second-order valence-electron chi connectivity index (χ2n) is 8.24. The van der Waals surface area contributed by atoms with E-state index in [0.717, 1.165) is 5.92 Å². The van der Waals surface area contributed by atoms with Gasteiger partial charge in [-0.25, -0.2) is 0 Å². The zero-order chi connectivity index (χ0) is 17.9. The summed E-state index contributed by atoms with van der Waals surface area (Å²) >= 11 is 0. The summed E-state index contributed by atoms with van der Waals surface area (Å²) in [5.41, 5.74) is 2.98. The topological polar surface area (TPSA) is 0 Å². The van der Waals surface area contributed by atoms with Crippen molar-refractivity contribution in [3.05, 3.63) is 71.8 Å². The van der Waals surface area contributed by atoms with Crippen LogP contribution in [0.3, 0.4) is 0 Å². The molecule has 0 aliphatic heterocycles. The zero-order valence-electron chi connectivity index (χ0n) is 16.4. The fourth-order valence-electron chi connectivity index (χ4n) is 4.65. The lowest BCUT2D eigenvalue weighted by Crippen LogP contribution is -2.10. The van der Waals surface area contributed by atoms with Crippen molar-refractivity contribution < 1.29 is 0 Å². The molecule has 0 aromatic heterocycles. The van der Waals surface area contributed by atoms with Crippen molar-refractivity contribution >= 4 is 0 Å². The quantitative estimate of drug-likeness (QED) is 0.523. The third kappa shape index (κ3) is 6.31. The first-order chi connectivity index (χ1) is 12.9. The maximum Gasteiger partial charge on any atom is 0.00919 e. The molecule has 0 radical (unpaired) electrons. The molecule has 0 atom stereocenters. The van der Waals surface area contributed by atoms with Gasteiger partial charge in [0.1, 0.15) is 0 Å². The van der Waals surface area contributed by atoms with Gasteiger partial charge in [-0.1, -0.05) is 131 Å². The highest BCUT2D eigenvalue weighted by molar-refractivity contribution is 5.32. The van der Waals surface area contributed by atoms with Gasteiger partial charge in [-0.15, -0.1) is 0 Å². The minimum absolute atomic E-state index is 0.551. The van der Waals surface area contributed by atoms with E-state index in [1.807, 2.05) is 0 Å². The molecule has 0 bridgehead atoms. The Morgan fingerprint density at radius 2 is 0.923 bits per heavy atom. The Kier molecular flexibility index (Phi) is 8.29. The van der Waals surface area contributed by atoms with Crippen LogP contribution >= 0.6 is 0 Å². The first kappa shape index (κ1) is 19.2. The second kappa shape index (κ2) is 11.2. The van der Waals surface area contributed by atoms with Gasteiger partial charge in [0.15, 0.2) is 0 Å². The number of hydrogen-bond donors (Lipinski definition) is 0. The molecule has 3 rings (SSSR count). The van der Waals surface area contributed by atoms with Gasteiger partial charge < -0.3 is 0 Å². The lowest BCUT2D eigenvalue weighted by Gasteiger charge is -2.25. The fraction of sp³-hybridized carbons (Fsp3) is 0.538. The van der Waals surface area contributed by atoms with Gasteiger partial charge in [-0.05, 0) is 23.5 Å². The summed E-state index contributed by atoms with van der Waals surface area (Å²) in [5, 5.41) is 0. The molecule has 0 heteroatoms. The fourth-order valence-corrected chi connectivity index (χ4v) is 4.65. The molecule has 140 valence electrons. The van der Waals surface area contributed by atoms with Gasteiger partial charge in [0.05, 0.1) is 0 Å². The van der Waals surface area contributed by atoms with Gasteiger partial charge in [0.25, 0.3) is 0 Å². The first-order valence-corrected chi connectivity index (χ1v) is 11.0. The van der Waals surface area contributed by atoms with Crippen LogP contribution in [0.15, 0.2) is 60.7 Å². The van der Waals surface area contributed by atoms with Crippen molar-refractivity contribution in [2.24, 2.45) is 5.92 Å². The molecule has 1 aliphatic rings. The monoisotopic (exact) mass is 348 g/mol. The third-order valence-corrected chi connectivity index (χ3v) is 6.20. The lowest BCUT2D eigenvalue weighted by molar-refractivity contribution is 0.361. The molecular formula is C26H36. The lowest BCUT2D eigenvalue weighted by atomic mass is 9.80. The van der Waals surface area contributed by atoms with Gasteiger partial charge >= 0.3 is 0 Å². The van der Waals surface area contributed by atoms with E-state index in [4.69, 9.17) is 0 Å². The van der Waals surface area contributed by atoms with Gasteiger partial charge in [-0.3, -0.25) is 0 Å². The minimum atomic E-state index is 0.551. The summed E-state index contributed by atoms with van der Waals surface area (Å²) in [4.78, 5) is 0. The molecule has 0 N–H and O–H groups in total. The van der Waals surface area contributed by atoms with Crippen molar-refractivity contribution in [3.8, 4) is 0 Å². The highest BCUT2D eigenvalue weighted by Crippen LogP contribution is 2.35. The van der Waals surface area contributed by atoms with Crippen molar-refractivity contribution in [2.75, 3.05) is 0 Å². The van der Waals surface area contributed by atoms with Crippen molar-refractivity contribution in [1.82, 2.24) is 0 Å². The SMILES string of the molecule is c1ccc(C(CC2CCCCCCCCCCC2)c2ccccc2)cc1. The summed E-state index contributed by atoms with van der Waals surface area (Å²) in [6.45, 7) is 0. The van der Waals surface area contributed by atoms with Gasteiger partial charge in [0.2, 0.25) is 0 Å². The largest absolute Gasteiger partial charge is 0.0622 e. The van der Waals surface area contributed by atoms with Crippen LogP contribution in [0.25, 0.3) is 0 Å². The number of benzene rings is 2. The normalized spacial score (nSPS) is 18.2. The van der Waals surface area contributed by atoms with E-state index < -0.39 is 0 Å². The van der Waals surface area contributed by atoms with Crippen molar-refractivity contribution in [2.45, 2.75) is 83.0 Å². The second-order valence-corrected chi connectivity index (χ2v) is 8.24. The third-order valence-electron chi connectivity index (χ3n) is 6.20. The van der Waals surface area contributed by atoms with E-state index >= 15 is 0 Å². The van der Waals surface area contributed by atoms with E-state index in [1.54, 1.807) is 0 Å². The van der Waals surface area contributed by atoms with E-state index in [1.165, 1.54) is 88.2 Å². The smallest absolute Gasteiger partial charge is 0.00919 e. The van der Waals surface area contributed by atoms with Crippen LogP contribution in [0, 0.1) is 5.92 Å². The van der Waals surface area contributed by atoms with Crippen LogP contribution in [-0.2, 0) is 0 Å². The molecule has 0 amide bonds. The van der Waals surface area contributed by atoms with Gasteiger partial charge in [0, 0.05) is 5.92 Å². The summed E-state index contributed by atoms with van der Waals surface area (Å²) < 4.78 is 0. The zero-order valence-corrected chi connectivity index (χ0v) is 16.4. The molecule has 0 nitrogen and oxygen atoms in total. The Balaban J connectivity index is 1.71. The molecule has 0 spiro atoms. The molecule has 26 heavy (non-hydrogen) atoms. The summed E-state index contributed by atoms with van der Waals surface area (Å²) in [6, 6.07) is 22.4. The van der Waals surface area contributed by atoms with E-state index in [0.29, 0.717) is 5.92 Å². The molecule has 0 heterocycles. The molecule has 1 aliphatic carbocycles. The standard InChI is InChI=1S/C26H36/c1-2-4-6-10-16-23(17-11-7-5-3-1)22-26(24-18-12-8-13-19-24)25-20-14-9-15-21-25/h8-9,12-15,18-21,23,26H,1-7,10-11,16-17,22H2. The highest BCUT2D eigenvalue weighted by Gasteiger charge is 2.19. The predicted molar refractivity (Wildman–Crippen MR) is 114 cm³/mol. The highest BCUT2D eigenvalue weighted by atomic mass is 14.2. The minimum Gasteiger partial charge on any atom is -0.0622 e. The molecule has 0 saturated heterocycles. The Hall–Kier alpha value is -1.56. The van der Waals surface area contributed by atoms with Crippen LogP contribution in [0.5, 0.6) is 0 Å². The van der Waals surface area contributed by atoms with E-state index in [-0.39, 0.29) is 0 Å². The Bertz CT molecular complexity index is 534. The maximum atomic E-state index is 2.33. The molecule has 1 fully saturated rings. The Morgan fingerprint density at radius 1 is 0.538 bits per heavy atom. The van der Waals surface area contributed by atoms with E-state index in [2.05, 4.69) is 60.7 Å². The summed E-state index contributed by atoms with van der Waals surface area (Å²) in [6.07, 6.45) is 17.2. The first-order valence-electron chi connectivity index (χ1n) is 11.0. The van der Waals surface area contributed by atoms with E-state index in [9.17, 15) is 0 Å². The molecule has 2 aromatic rings. The molecular weight excluding hydrogens is 312 g/mol. The van der Waals surface area contributed by atoms with Crippen LogP contribution in [0.1, 0.15) is 94.1 Å². The average molecular weight is 349 g/mol. The number of rotatable bonds is 4. The molecule has 2 aromatic carbocycles. The van der Waals surface area contributed by atoms with Gasteiger partial charge in [-0.2, -0.15) is 0 Å². The van der Waals surface area contributed by atoms with Crippen LogP contribution in [-0.4, -0.2) is 0 Å². The summed E-state index contributed by atoms with van der Waals surface area (Å²) in [7, 11) is 0. The molecule has 1 saturated carbocycles. The maximum absolute atomic E-state index is 2.33. The van der Waals surface area contributed by atoms with Crippen LogP contribution in [0.2, 0.25) is 0 Å². The number of hydrogen-bond acceptors (Lipinski definition) is 0. The Labute approximate surface area is 161 Å². The van der Waals surface area contributed by atoms with Crippen LogP contribution in [0.4, 0.5) is 0 Å². The molecule has 0 unspecified atom stereocenters. The summed E-state index contributed by atoms with van der Waals surface area (Å²) in [5.74, 6) is 1.43. The van der Waals surface area contributed by atoms with Crippen molar-refractivity contribution in [3.63, 3.8) is 0 Å². The average Bonchev–Trinajstić information content (AvgIpc) is 2.69. The van der Waals surface area contributed by atoms with Crippen LogP contribution < -0.4 is 0 Å². The van der Waals surface area contributed by atoms with Crippen molar-refractivity contribution in [1.29, 1.82) is 0 Å². The Morgan fingerprint density at radius 3 is 1.35 bits per heavy atom. The predicted octanol–water partition coefficient (Wildman–Crippen LogP) is 8.13.